The second-order valence-corrected chi connectivity index (χ2v) is 6.40. The number of aryl methyl sites for hydroxylation is 1. The molecule has 1 aliphatic heterocycles. The summed E-state index contributed by atoms with van der Waals surface area (Å²) in [5, 5.41) is 6.30. The van der Waals surface area contributed by atoms with E-state index in [-0.39, 0.29) is 12.1 Å². The summed E-state index contributed by atoms with van der Waals surface area (Å²) in [6, 6.07) is 0.254. The lowest BCUT2D eigenvalue weighted by Gasteiger charge is -2.34. The third-order valence-electron chi connectivity index (χ3n) is 3.36. The van der Waals surface area contributed by atoms with Gasteiger partial charge in [-0.25, -0.2) is 9.78 Å². The lowest BCUT2D eigenvalue weighted by atomic mass is 10.3. The molecule has 1 saturated heterocycles. The van der Waals surface area contributed by atoms with Crippen molar-refractivity contribution in [1.82, 2.24) is 20.1 Å². The number of rotatable bonds is 4. The van der Waals surface area contributed by atoms with E-state index in [9.17, 15) is 4.79 Å². The highest BCUT2D eigenvalue weighted by Crippen LogP contribution is 2.13. The first-order chi connectivity index (χ1) is 9.58. The van der Waals surface area contributed by atoms with Crippen LogP contribution in [0.1, 0.15) is 31.5 Å². The van der Waals surface area contributed by atoms with E-state index in [1.54, 1.807) is 11.3 Å². The van der Waals surface area contributed by atoms with Gasteiger partial charge in [0.15, 0.2) is 0 Å². The maximum Gasteiger partial charge on any atom is 0.317 e. The number of amides is 2. The lowest BCUT2D eigenvalue weighted by molar-refractivity contribution is 0.133. The molecule has 0 unspecified atom stereocenters. The summed E-state index contributed by atoms with van der Waals surface area (Å²) in [5.41, 5.74) is 1.16. The highest BCUT2D eigenvalue weighted by Gasteiger charge is 2.21. The predicted octanol–water partition coefficient (Wildman–Crippen LogP) is 1.94. The van der Waals surface area contributed by atoms with E-state index in [4.69, 9.17) is 0 Å². The molecular formula is C14H24N4OS. The molecule has 1 aromatic heterocycles. The number of carbonyl (C=O) groups is 1. The fraction of sp³-hybridized carbons (Fsp3) is 0.714. The van der Waals surface area contributed by atoms with Crippen LogP contribution in [0.5, 0.6) is 0 Å². The van der Waals surface area contributed by atoms with Crippen LogP contribution in [0.25, 0.3) is 0 Å². The van der Waals surface area contributed by atoms with Crippen LogP contribution in [0.3, 0.4) is 0 Å². The Labute approximate surface area is 125 Å². The van der Waals surface area contributed by atoms with Crippen molar-refractivity contribution in [1.29, 1.82) is 0 Å². The largest absolute Gasteiger partial charge is 0.336 e. The van der Waals surface area contributed by atoms with Crippen LogP contribution >= 0.6 is 11.3 Å². The fourth-order valence-electron chi connectivity index (χ4n) is 2.26. The molecule has 0 bridgehead atoms. The van der Waals surface area contributed by atoms with Gasteiger partial charge in [-0.1, -0.05) is 6.92 Å². The third-order valence-corrected chi connectivity index (χ3v) is 4.40. The molecule has 0 atom stereocenters. The molecular weight excluding hydrogens is 272 g/mol. The number of urea groups is 1. The van der Waals surface area contributed by atoms with Crippen molar-refractivity contribution in [3.63, 3.8) is 0 Å². The monoisotopic (exact) mass is 296 g/mol. The Bertz CT molecular complexity index is 438. The Kier molecular flexibility index (Phi) is 5.37. The molecule has 1 fully saturated rings. The number of piperazine rings is 1. The van der Waals surface area contributed by atoms with Crippen molar-refractivity contribution in [3.05, 3.63) is 16.1 Å². The van der Waals surface area contributed by atoms with Crippen LogP contribution in [-0.4, -0.2) is 53.0 Å². The number of nitrogens with one attached hydrogen (secondary N) is 1. The number of thiazole rings is 1. The molecule has 1 N–H and O–H groups in total. The molecule has 112 valence electrons. The SMILES string of the molecule is CCc1nc(CN2CCN(C(=O)NC(C)C)CC2)cs1. The van der Waals surface area contributed by atoms with Crippen LogP contribution in [0.15, 0.2) is 5.38 Å². The van der Waals surface area contributed by atoms with Gasteiger partial charge in [0, 0.05) is 44.1 Å². The molecule has 2 heterocycles. The zero-order valence-electron chi connectivity index (χ0n) is 12.6. The van der Waals surface area contributed by atoms with E-state index in [1.165, 1.54) is 5.01 Å². The maximum absolute atomic E-state index is 11.9. The van der Waals surface area contributed by atoms with E-state index in [0.29, 0.717) is 0 Å². The van der Waals surface area contributed by atoms with E-state index in [1.807, 2.05) is 18.7 Å². The van der Waals surface area contributed by atoms with E-state index in [2.05, 4.69) is 27.5 Å². The Morgan fingerprint density at radius 2 is 2.10 bits per heavy atom. The van der Waals surface area contributed by atoms with Gasteiger partial charge >= 0.3 is 6.03 Å². The van der Waals surface area contributed by atoms with E-state index >= 15 is 0 Å². The zero-order chi connectivity index (χ0) is 14.5. The minimum Gasteiger partial charge on any atom is -0.336 e. The normalized spacial score (nSPS) is 16.7. The molecule has 0 saturated carbocycles. The number of hydrogen-bond acceptors (Lipinski definition) is 4. The molecule has 0 spiro atoms. The molecule has 0 aliphatic carbocycles. The minimum atomic E-state index is 0.0570. The van der Waals surface area contributed by atoms with Crippen LogP contribution in [0.4, 0.5) is 4.79 Å². The van der Waals surface area contributed by atoms with Crippen LogP contribution in [0.2, 0.25) is 0 Å². The van der Waals surface area contributed by atoms with Gasteiger partial charge in [-0.15, -0.1) is 11.3 Å². The van der Waals surface area contributed by atoms with Crippen molar-refractivity contribution >= 4 is 17.4 Å². The fourth-order valence-corrected chi connectivity index (χ4v) is 3.00. The highest BCUT2D eigenvalue weighted by atomic mass is 32.1. The van der Waals surface area contributed by atoms with Gasteiger partial charge < -0.3 is 10.2 Å². The predicted molar refractivity (Wildman–Crippen MR) is 82.0 cm³/mol. The third kappa shape index (κ3) is 4.18. The number of nitrogens with zero attached hydrogens (tertiary/aromatic N) is 3. The second kappa shape index (κ2) is 7.04. The van der Waals surface area contributed by atoms with E-state index in [0.717, 1.165) is 44.8 Å². The quantitative estimate of drug-likeness (QED) is 0.924. The Morgan fingerprint density at radius 3 is 2.65 bits per heavy atom. The van der Waals surface area contributed by atoms with Gasteiger partial charge in [0.25, 0.3) is 0 Å². The maximum atomic E-state index is 11.9. The zero-order valence-corrected chi connectivity index (χ0v) is 13.4. The Morgan fingerprint density at radius 1 is 1.40 bits per heavy atom. The summed E-state index contributed by atoms with van der Waals surface area (Å²) in [5.74, 6) is 0. The highest BCUT2D eigenvalue weighted by molar-refractivity contribution is 7.09. The summed E-state index contributed by atoms with van der Waals surface area (Å²) in [6.45, 7) is 10.4. The summed E-state index contributed by atoms with van der Waals surface area (Å²) in [6.07, 6.45) is 1.01. The van der Waals surface area contributed by atoms with Crippen LogP contribution in [-0.2, 0) is 13.0 Å². The number of aromatic nitrogens is 1. The smallest absolute Gasteiger partial charge is 0.317 e. The topological polar surface area (TPSA) is 48.5 Å². The van der Waals surface area contributed by atoms with Crippen molar-refractivity contribution in [2.45, 2.75) is 39.8 Å². The van der Waals surface area contributed by atoms with Gasteiger partial charge in [0.05, 0.1) is 10.7 Å². The molecule has 0 aromatic carbocycles. The summed E-state index contributed by atoms with van der Waals surface area (Å²) in [4.78, 5) is 20.8. The lowest BCUT2D eigenvalue weighted by Crippen LogP contribution is -2.52. The van der Waals surface area contributed by atoms with Crippen molar-refractivity contribution in [2.75, 3.05) is 26.2 Å². The van der Waals surface area contributed by atoms with Gasteiger partial charge in [-0.2, -0.15) is 0 Å². The van der Waals surface area contributed by atoms with Gasteiger partial charge in [0.2, 0.25) is 0 Å². The molecule has 1 aliphatic rings. The number of carbonyl (C=O) groups excluding carboxylic acids is 1. The first kappa shape index (κ1) is 15.3. The number of hydrogen-bond donors (Lipinski definition) is 1. The summed E-state index contributed by atoms with van der Waals surface area (Å²) >= 11 is 1.74. The molecule has 6 heteroatoms. The van der Waals surface area contributed by atoms with Gasteiger partial charge in [-0.05, 0) is 20.3 Å². The van der Waals surface area contributed by atoms with Gasteiger partial charge in [-0.3, -0.25) is 4.90 Å². The van der Waals surface area contributed by atoms with Crippen molar-refractivity contribution in [3.8, 4) is 0 Å². The van der Waals surface area contributed by atoms with Crippen molar-refractivity contribution in [2.24, 2.45) is 0 Å². The molecule has 0 radical (unpaired) electrons. The Balaban J connectivity index is 1.78. The standard InChI is InChI=1S/C14H24N4OS/c1-4-13-16-12(10-20-13)9-17-5-7-18(8-6-17)14(19)15-11(2)3/h10-11H,4-9H2,1-3H3,(H,15,19). The van der Waals surface area contributed by atoms with Gasteiger partial charge in [0.1, 0.15) is 0 Å². The summed E-state index contributed by atoms with van der Waals surface area (Å²) in [7, 11) is 0. The molecule has 5 nitrogen and oxygen atoms in total. The molecule has 2 amide bonds. The Hall–Kier alpha value is -1.14. The molecule has 20 heavy (non-hydrogen) atoms. The molecule has 1 aromatic rings. The molecule has 2 rings (SSSR count). The first-order valence-electron chi connectivity index (χ1n) is 7.29. The van der Waals surface area contributed by atoms with E-state index < -0.39 is 0 Å². The first-order valence-corrected chi connectivity index (χ1v) is 8.17. The second-order valence-electron chi connectivity index (χ2n) is 5.45. The van der Waals surface area contributed by atoms with Crippen molar-refractivity contribution < 1.29 is 4.79 Å². The summed E-state index contributed by atoms with van der Waals surface area (Å²) < 4.78 is 0. The average Bonchev–Trinajstić information content (AvgIpc) is 2.86. The van der Waals surface area contributed by atoms with Crippen LogP contribution in [0, 0.1) is 0 Å². The minimum absolute atomic E-state index is 0.0570. The van der Waals surface area contributed by atoms with Crippen LogP contribution < -0.4 is 5.32 Å². The average molecular weight is 296 g/mol.